The van der Waals surface area contributed by atoms with Crippen LogP contribution < -0.4 is 0 Å². The Morgan fingerprint density at radius 3 is 3.17 bits per heavy atom. The fraction of sp³-hybridized carbons (Fsp3) is 0.444. The molecule has 2 atom stereocenters. The number of hydrogen-bond donors (Lipinski definition) is 2. The summed E-state index contributed by atoms with van der Waals surface area (Å²) in [5.41, 5.74) is 2.77. The maximum Gasteiger partial charge on any atom is 0.352 e. The van der Waals surface area contributed by atoms with Gasteiger partial charge in [0.2, 0.25) is 0 Å². The van der Waals surface area contributed by atoms with Crippen molar-refractivity contribution in [3.8, 4) is 0 Å². The number of carboxylic acids is 1. The summed E-state index contributed by atoms with van der Waals surface area (Å²) in [6.07, 6.45) is 2.34. The molecule has 3 rings (SSSR count). The van der Waals surface area contributed by atoms with E-state index >= 15 is 0 Å². The van der Waals surface area contributed by atoms with E-state index in [0.29, 0.717) is 11.6 Å². The van der Waals surface area contributed by atoms with Crippen LogP contribution in [0.25, 0.3) is 0 Å². The van der Waals surface area contributed by atoms with Gasteiger partial charge < -0.3 is 10.1 Å². The summed E-state index contributed by atoms with van der Waals surface area (Å²) < 4.78 is 0. The quantitative estimate of drug-likeness (QED) is 0.657. The highest BCUT2D eigenvalue weighted by atomic mass is 16.4. The highest BCUT2D eigenvalue weighted by Gasteiger charge is 2.46. The lowest BCUT2D eigenvalue weighted by molar-refractivity contribution is 0.0691. The van der Waals surface area contributed by atoms with E-state index in [1.165, 1.54) is 17.7 Å². The number of aromatic carboxylic acids is 1. The van der Waals surface area contributed by atoms with Gasteiger partial charge in [0.25, 0.3) is 0 Å². The minimum atomic E-state index is -0.846. The molecule has 3 heteroatoms. The van der Waals surface area contributed by atoms with Crippen LogP contribution in [0.15, 0.2) is 6.07 Å². The Balaban J connectivity index is 2.08. The highest BCUT2D eigenvalue weighted by molar-refractivity contribution is 5.86. The summed E-state index contributed by atoms with van der Waals surface area (Å²) in [4.78, 5) is 13.6. The molecule has 2 aliphatic carbocycles. The topological polar surface area (TPSA) is 53.1 Å². The van der Waals surface area contributed by atoms with Crippen molar-refractivity contribution in [1.29, 1.82) is 0 Å². The van der Waals surface area contributed by atoms with Crippen LogP contribution in [0, 0.1) is 5.92 Å². The maximum absolute atomic E-state index is 10.6. The predicted molar refractivity (Wildman–Crippen MR) is 42.3 cm³/mol. The van der Waals surface area contributed by atoms with E-state index in [4.69, 9.17) is 5.11 Å². The van der Waals surface area contributed by atoms with Crippen LogP contribution >= 0.6 is 0 Å². The molecular weight excluding hydrogens is 154 g/mol. The second-order valence-corrected chi connectivity index (χ2v) is 3.73. The van der Waals surface area contributed by atoms with Crippen LogP contribution in [0.3, 0.4) is 0 Å². The van der Waals surface area contributed by atoms with Gasteiger partial charge in [-0.05, 0) is 30.4 Å². The van der Waals surface area contributed by atoms with E-state index in [1.54, 1.807) is 6.07 Å². The summed E-state index contributed by atoms with van der Waals surface area (Å²) in [6, 6.07) is 1.78. The molecule has 1 saturated carbocycles. The highest BCUT2D eigenvalue weighted by Crippen LogP contribution is 2.55. The smallest absolute Gasteiger partial charge is 0.352 e. The minimum Gasteiger partial charge on any atom is -0.477 e. The fourth-order valence-electron chi connectivity index (χ4n) is 2.24. The van der Waals surface area contributed by atoms with Crippen molar-refractivity contribution in [2.45, 2.75) is 18.8 Å². The lowest BCUT2D eigenvalue weighted by atomic mass is 10.2. The first-order valence-electron chi connectivity index (χ1n) is 4.21. The van der Waals surface area contributed by atoms with Gasteiger partial charge in [-0.3, -0.25) is 0 Å². The van der Waals surface area contributed by atoms with E-state index in [2.05, 4.69) is 4.98 Å². The first-order chi connectivity index (χ1) is 5.75. The van der Waals surface area contributed by atoms with Crippen molar-refractivity contribution in [3.05, 3.63) is 23.0 Å². The van der Waals surface area contributed by atoms with E-state index < -0.39 is 5.97 Å². The van der Waals surface area contributed by atoms with Gasteiger partial charge >= 0.3 is 5.97 Å². The summed E-state index contributed by atoms with van der Waals surface area (Å²) in [6.45, 7) is 0. The number of hydrogen-bond acceptors (Lipinski definition) is 1. The third-order valence-electron chi connectivity index (χ3n) is 2.94. The Bertz CT molecular complexity index is 367. The predicted octanol–water partition coefficient (Wildman–Crippen LogP) is 1.37. The van der Waals surface area contributed by atoms with Gasteiger partial charge in [0, 0.05) is 11.6 Å². The Labute approximate surface area is 69.4 Å². The number of H-pyrrole nitrogens is 1. The van der Waals surface area contributed by atoms with Gasteiger partial charge in [-0.2, -0.15) is 0 Å². The minimum absolute atomic E-state index is 0.352. The maximum atomic E-state index is 10.6. The first kappa shape index (κ1) is 6.29. The second-order valence-electron chi connectivity index (χ2n) is 3.73. The lowest BCUT2D eigenvalue weighted by Crippen LogP contribution is -1.96. The Hall–Kier alpha value is -1.25. The summed E-state index contributed by atoms with van der Waals surface area (Å²) in [5.74, 6) is 0.642. The Kier molecular flexibility index (Phi) is 0.908. The zero-order chi connectivity index (χ0) is 8.29. The van der Waals surface area contributed by atoms with Crippen molar-refractivity contribution >= 4 is 5.97 Å². The van der Waals surface area contributed by atoms with Crippen molar-refractivity contribution in [1.82, 2.24) is 4.98 Å². The molecule has 12 heavy (non-hydrogen) atoms. The van der Waals surface area contributed by atoms with Crippen LogP contribution in [-0.2, 0) is 6.42 Å². The molecule has 0 aliphatic heterocycles. The fourth-order valence-corrected chi connectivity index (χ4v) is 2.24. The summed E-state index contributed by atoms with van der Waals surface area (Å²) in [7, 11) is 0. The van der Waals surface area contributed by atoms with Gasteiger partial charge in [-0.25, -0.2) is 4.79 Å². The van der Waals surface area contributed by atoms with Gasteiger partial charge in [0.1, 0.15) is 5.69 Å². The number of carboxylic acid groups (broad SMARTS) is 1. The summed E-state index contributed by atoms with van der Waals surface area (Å²) >= 11 is 0. The zero-order valence-electron chi connectivity index (χ0n) is 6.50. The molecule has 0 saturated heterocycles. The van der Waals surface area contributed by atoms with Crippen molar-refractivity contribution in [2.75, 3.05) is 0 Å². The molecule has 0 bridgehead atoms. The normalized spacial score (nSPS) is 29.7. The van der Waals surface area contributed by atoms with E-state index in [0.717, 1.165) is 12.3 Å². The van der Waals surface area contributed by atoms with Crippen molar-refractivity contribution in [3.63, 3.8) is 0 Å². The molecule has 3 nitrogen and oxygen atoms in total. The largest absolute Gasteiger partial charge is 0.477 e. The van der Waals surface area contributed by atoms with E-state index in [1.807, 2.05) is 0 Å². The Morgan fingerprint density at radius 1 is 1.67 bits per heavy atom. The monoisotopic (exact) mass is 163 g/mol. The number of aromatic amines is 1. The number of aromatic nitrogens is 1. The lowest BCUT2D eigenvalue weighted by Gasteiger charge is -1.89. The summed E-state index contributed by atoms with van der Waals surface area (Å²) in [5, 5.41) is 8.71. The Morgan fingerprint density at radius 2 is 2.50 bits per heavy atom. The molecular formula is C9H9NO2. The number of carbonyl (C=O) groups is 1. The average Bonchev–Trinajstić information content (AvgIpc) is 2.54. The molecule has 1 aromatic rings. The molecule has 2 aliphatic rings. The molecule has 2 N–H and O–H groups in total. The molecule has 0 amide bonds. The molecule has 0 spiro atoms. The van der Waals surface area contributed by atoms with Crippen molar-refractivity contribution in [2.24, 2.45) is 5.92 Å². The van der Waals surface area contributed by atoms with Gasteiger partial charge in [0.15, 0.2) is 0 Å². The third kappa shape index (κ3) is 0.636. The van der Waals surface area contributed by atoms with Crippen LogP contribution in [-0.4, -0.2) is 16.1 Å². The molecule has 0 radical (unpaired) electrons. The third-order valence-corrected chi connectivity index (χ3v) is 2.94. The van der Waals surface area contributed by atoms with Gasteiger partial charge in [0.05, 0.1) is 0 Å². The van der Waals surface area contributed by atoms with Gasteiger partial charge in [-0.15, -0.1) is 0 Å². The SMILES string of the molecule is O=C(O)c1cc2c([nH]1)C1CC1C2. The van der Waals surface area contributed by atoms with E-state index in [-0.39, 0.29) is 0 Å². The molecule has 2 unspecified atom stereocenters. The van der Waals surface area contributed by atoms with Crippen LogP contribution in [0.2, 0.25) is 0 Å². The van der Waals surface area contributed by atoms with Crippen LogP contribution in [0.4, 0.5) is 0 Å². The molecule has 1 fully saturated rings. The molecule has 1 aromatic heterocycles. The number of rotatable bonds is 1. The van der Waals surface area contributed by atoms with Gasteiger partial charge in [-0.1, -0.05) is 0 Å². The number of fused-ring (bicyclic) bond motifs is 3. The van der Waals surface area contributed by atoms with Crippen molar-refractivity contribution < 1.29 is 9.90 Å². The average molecular weight is 163 g/mol. The van der Waals surface area contributed by atoms with Crippen LogP contribution in [0.5, 0.6) is 0 Å². The van der Waals surface area contributed by atoms with Crippen LogP contribution in [0.1, 0.15) is 34.1 Å². The molecule has 0 aromatic carbocycles. The number of nitrogens with one attached hydrogen (secondary N) is 1. The first-order valence-corrected chi connectivity index (χ1v) is 4.21. The zero-order valence-corrected chi connectivity index (χ0v) is 6.50. The van der Waals surface area contributed by atoms with E-state index in [9.17, 15) is 4.79 Å². The second kappa shape index (κ2) is 1.73. The molecule has 1 heterocycles. The standard InChI is InChI=1S/C9H9NO2/c11-9(12)7-3-5-1-4-2-6(4)8(5)10-7/h3-4,6,10H,1-2H2,(H,11,12). The molecule has 62 valence electrons.